The fraction of sp³-hybridized carbons (Fsp3) is 0.364. The monoisotopic (exact) mass is 225 g/mol. The maximum atomic E-state index is 10.5. The second kappa shape index (κ2) is 5.68. The van der Waals surface area contributed by atoms with Gasteiger partial charge in [-0.25, -0.2) is 4.79 Å². The molecule has 0 bridgehead atoms. The lowest BCUT2D eigenvalue weighted by Gasteiger charge is -2.12. The quantitative estimate of drug-likeness (QED) is 0.781. The zero-order valence-electron chi connectivity index (χ0n) is 8.93. The molecule has 3 nitrogen and oxygen atoms in total. The van der Waals surface area contributed by atoms with E-state index in [1.807, 2.05) is 18.5 Å². The van der Waals surface area contributed by atoms with Gasteiger partial charge in [0.2, 0.25) is 0 Å². The molecule has 0 fully saturated rings. The summed E-state index contributed by atoms with van der Waals surface area (Å²) < 4.78 is 0. The molecular weight excluding hydrogens is 210 g/mol. The standard InChI is InChI=1S/C11H15NO2S/c1-9(11(13)14)5-6-12(2)8-10-4-3-7-15-10/h3-5,7H,6,8H2,1-2H3,(H,13,14). The molecule has 1 rings (SSSR count). The van der Waals surface area contributed by atoms with E-state index in [2.05, 4.69) is 11.0 Å². The van der Waals surface area contributed by atoms with Gasteiger partial charge in [0.25, 0.3) is 0 Å². The zero-order valence-corrected chi connectivity index (χ0v) is 9.75. The molecule has 0 atom stereocenters. The van der Waals surface area contributed by atoms with Crippen LogP contribution in [0, 0.1) is 0 Å². The van der Waals surface area contributed by atoms with Crippen molar-refractivity contribution in [2.24, 2.45) is 0 Å². The molecule has 1 heterocycles. The Balaban J connectivity index is 2.40. The van der Waals surface area contributed by atoms with Crippen molar-refractivity contribution in [1.82, 2.24) is 4.90 Å². The number of carboxylic acid groups (broad SMARTS) is 1. The highest BCUT2D eigenvalue weighted by atomic mass is 32.1. The Kier molecular flexibility index (Phi) is 4.52. The van der Waals surface area contributed by atoms with Gasteiger partial charge in [-0.15, -0.1) is 11.3 Å². The summed E-state index contributed by atoms with van der Waals surface area (Å²) in [5.41, 5.74) is 0.396. The van der Waals surface area contributed by atoms with Crippen LogP contribution in [0.1, 0.15) is 11.8 Å². The molecule has 1 aromatic heterocycles. The summed E-state index contributed by atoms with van der Waals surface area (Å²) in [6, 6.07) is 4.10. The van der Waals surface area contributed by atoms with E-state index in [9.17, 15) is 4.79 Å². The molecule has 0 saturated heterocycles. The highest BCUT2D eigenvalue weighted by molar-refractivity contribution is 7.09. The normalized spacial score (nSPS) is 12.1. The average Bonchev–Trinajstić information content (AvgIpc) is 2.66. The van der Waals surface area contributed by atoms with Gasteiger partial charge in [0, 0.05) is 23.5 Å². The predicted octanol–water partition coefficient (Wildman–Crippen LogP) is 2.21. The van der Waals surface area contributed by atoms with Crippen molar-refractivity contribution < 1.29 is 9.90 Å². The minimum absolute atomic E-state index is 0.396. The van der Waals surface area contributed by atoms with Crippen molar-refractivity contribution in [2.75, 3.05) is 13.6 Å². The molecule has 15 heavy (non-hydrogen) atoms. The second-order valence-electron chi connectivity index (χ2n) is 3.47. The number of carboxylic acids is 1. The average molecular weight is 225 g/mol. The van der Waals surface area contributed by atoms with Crippen LogP contribution in [0.25, 0.3) is 0 Å². The number of carbonyl (C=O) groups is 1. The Morgan fingerprint density at radius 2 is 2.40 bits per heavy atom. The number of aliphatic carboxylic acids is 1. The summed E-state index contributed by atoms with van der Waals surface area (Å²) in [5, 5.41) is 10.7. The first-order valence-electron chi connectivity index (χ1n) is 4.70. The maximum absolute atomic E-state index is 10.5. The number of thiophene rings is 1. The van der Waals surface area contributed by atoms with E-state index in [0.717, 1.165) is 6.54 Å². The molecule has 0 saturated carbocycles. The van der Waals surface area contributed by atoms with Crippen molar-refractivity contribution in [2.45, 2.75) is 13.5 Å². The molecule has 0 aliphatic rings. The lowest BCUT2D eigenvalue weighted by Crippen LogP contribution is -2.17. The fourth-order valence-corrected chi connectivity index (χ4v) is 1.90. The lowest BCUT2D eigenvalue weighted by atomic mass is 10.3. The Morgan fingerprint density at radius 3 is 2.93 bits per heavy atom. The summed E-state index contributed by atoms with van der Waals surface area (Å²) >= 11 is 1.71. The predicted molar refractivity (Wildman–Crippen MR) is 62.0 cm³/mol. The Bertz CT molecular complexity index is 343. The van der Waals surface area contributed by atoms with Crippen LogP contribution in [0.5, 0.6) is 0 Å². The van der Waals surface area contributed by atoms with Crippen molar-refractivity contribution in [3.05, 3.63) is 34.0 Å². The van der Waals surface area contributed by atoms with Gasteiger partial charge >= 0.3 is 5.97 Å². The van der Waals surface area contributed by atoms with E-state index in [1.165, 1.54) is 4.88 Å². The van der Waals surface area contributed by atoms with E-state index >= 15 is 0 Å². The van der Waals surface area contributed by atoms with E-state index in [-0.39, 0.29) is 0 Å². The van der Waals surface area contributed by atoms with Gasteiger partial charge < -0.3 is 5.11 Å². The van der Waals surface area contributed by atoms with Crippen LogP contribution in [-0.4, -0.2) is 29.6 Å². The van der Waals surface area contributed by atoms with Gasteiger partial charge in [-0.05, 0) is 25.4 Å². The molecule has 0 radical (unpaired) electrons. The van der Waals surface area contributed by atoms with Crippen LogP contribution < -0.4 is 0 Å². The minimum Gasteiger partial charge on any atom is -0.478 e. The highest BCUT2D eigenvalue weighted by Crippen LogP contribution is 2.10. The number of likely N-dealkylation sites (N-methyl/N-ethyl adjacent to an activating group) is 1. The largest absolute Gasteiger partial charge is 0.478 e. The molecular formula is C11H15NO2S. The van der Waals surface area contributed by atoms with Crippen molar-refractivity contribution in [3.63, 3.8) is 0 Å². The van der Waals surface area contributed by atoms with Gasteiger partial charge in [-0.1, -0.05) is 12.1 Å². The summed E-state index contributed by atoms with van der Waals surface area (Å²) in [5.74, 6) is -0.848. The molecule has 1 aromatic rings. The van der Waals surface area contributed by atoms with E-state index < -0.39 is 5.97 Å². The van der Waals surface area contributed by atoms with Crippen LogP contribution in [0.2, 0.25) is 0 Å². The number of rotatable bonds is 5. The number of hydrogen-bond donors (Lipinski definition) is 1. The Hall–Kier alpha value is -1.13. The maximum Gasteiger partial charge on any atom is 0.330 e. The van der Waals surface area contributed by atoms with Gasteiger partial charge in [-0.2, -0.15) is 0 Å². The van der Waals surface area contributed by atoms with E-state index in [1.54, 1.807) is 24.3 Å². The summed E-state index contributed by atoms with van der Waals surface area (Å²) in [6.45, 7) is 3.14. The molecule has 0 spiro atoms. The van der Waals surface area contributed by atoms with Crippen molar-refractivity contribution in [3.8, 4) is 0 Å². The van der Waals surface area contributed by atoms with Gasteiger partial charge in [-0.3, -0.25) is 4.90 Å². The summed E-state index contributed by atoms with van der Waals surface area (Å²) in [7, 11) is 1.98. The number of hydrogen-bond acceptors (Lipinski definition) is 3. The number of nitrogens with zero attached hydrogens (tertiary/aromatic N) is 1. The van der Waals surface area contributed by atoms with Crippen LogP contribution in [0.15, 0.2) is 29.2 Å². The SMILES string of the molecule is CC(=CCN(C)Cc1cccs1)C(=O)O. The Morgan fingerprint density at radius 1 is 1.67 bits per heavy atom. The topological polar surface area (TPSA) is 40.5 Å². The first-order valence-corrected chi connectivity index (χ1v) is 5.58. The Labute approximate surface area is 93.7 Å². The first kappa shape index (κ1) is 11.9. The van der Waals surface area contributed by atoms with E-state index in [0.29, 0.717) is 12.1 Å². The molecule has 4 heteroatoms. The van der Waals surface area contributed by atoms with Crippen molar-refractivity contribution >= 4 is 17.3 Å². The van der Waals surface area contributed by atoms with Crippen LogP contribution in [0.3, 0.4) is 0 Å². The third-order valence-electron chi connectivity index (χ3n) is 2.05. The fourth-order valence-electron chi connectivity index (χ4n) is 1.11. The van der Waals surface area contributed by atoms with Gasteiger partial charge in [0.05, 0.1) is 0 Å². The molecule has 0 unspecified atom stereocenters. The minimum atomic E-state index is -0.848. The molecule has 0 amide bonds. The lowest BCUT2D eigenvalue weighted by molar-refractivity contribution is -0.132. The third-order valence-corrected chi connectivity index (χ3v) is 2.91. The molecule has 1 N–H and O–H groups in total. The summed E-state index contributed by atoms with van der Waals surface area (Å²) in [4.78, 5) is 13.9. The van der Waals surface area contributed by atoms with Crippen LogP contribution in [0.4, 0.5) is 0 Å². The van der Waals surface area contributed by atoms with Gasteiger partial charge in [0.15, 0.2) is 0 Å². The van der Waals surface area contributed by atoms with Gasteiger partial charge in [0.1, 0.15) is 0 Å². The molecule has 82 valence electrons. The van der Waals surface area contributed by atoms with Crippen LogP contribution >= 0.6 is 11.3 Å². The summed E-state index contributed by atoms with van der Waals surface area (Å²) in [6.07, 6.45) is 1.73. The zero-order chi connectivity index (χ0) is 11.3. The first-order chi connectivity index (χ1) is 7.09. The highest BCUT2D eigenvalue weighted by Gasteiger charge is 2.02. The second-order valence-corrected chi connectivity index (χ2v) is 4.50. The smallest absolute Gasteiger partial charge is 0.330 e. The van der Waals surface area contributed by atoms with E-state index in [4.69, 9.17) is 5.11 Å². The van der Waals surface area contributed by atoms with Crippen molar-refractivity contribution in [1.29, 1.82) is 0 Å². The third kappa shape index (κ3) is 4.27. The van der Waals surface area contributed by atoms with Crippen LogP contribution in [-0.2, 0) is 11.3 Å². The molecule has 0 aliphatic heterocycles. The molecule has 0 aromatic carbocycles. The molecule has 0 aliphatic carbocycles.